The molecule has 5 rings (SSSR count). The van der Waals surface area contributed by atoms with Crippen LogP contribution in [0, 0.1) is 3.57 Å². The summed E-state index contributed by atoms with van der Waals surface area (Å²) in [6, 6.07) is 29.1. The lowest BCUT2D eigenvalue weighted by Gasteiger charge is -2.44. The summed E-state index contributed by atoms with van der Waals surface area (Å²) < 4.78 is 129. The van der Waals surface area contributed by atoms with Crippen molar-refractivity contribution in [3.05, 3.63) is 142 Å². The molecule has 0 saturated carbocycles. The van der Waals surface area contributed by atoms with E-state index in [4.69, 9.17) is 4.74 Å². The SMILES string of the molecule is CCCCCC[B-](c1cccc(C(F)(F)F)c1)(c1cccc(C(F)(F)F)c1)c1cccc(C(F)(F)F)c1.COc1ccc(-c2ccccc2[IH+])cc1. The molecular weight excluding hydrogens is 805 g/mol. The van der Waals surface area contributed by atoms with Crippen LogP contribution in [0.25, 0.3) is 11.1 Å². The third kappa shape index (κ3) is 10.1. The highest BCUT2D eigenvalue weighted by Gasteiger charge is 2.38. The first-order chi connectivity index (χ1) is 24.5. The standard InChI is InChI=1S/C27H25BF9.C13H12IO/c1-2-3-4-5-15-28(22-12-6-9-19(16-22)25(29,30)31,23-13-7-10-20(17-23)26(32,33)34)24-14-8-11-21(18-24)27(35,36)37;1-15-11-8-6-10(7-9-11)12-4-2-3-5-13(12)14/h6-14,16-18H,2-5,15H2,1H3;2-9,14H,1H3/q-1;+1. The molecule has 0 saturated heterocycles. The van der Waals surface area contributed by atoms with Crippen LogP contribution in [0.2, 0.25) is 6.32 Å². The highest BCUT2D eigenvalue weighted by atomic mass is 127. The van der Waals surface area contributed by atoms with Crippen LogP contribution < -0.4 is 43.7 Å². The lowest BCUT2D eigenvalue weighted by atomic mass is 9.14. The molecule has 0 atom stereocenters. The molecule has 0 fully saturated rings. The number of benzene rings is 5. The normalized spacial score (nSPS) is 12.2. The maximum atomic E-state index is 13.7. The zero-order valence-corrected chi connectivity index (χ0v) is 30.7. The van der Waals surface area contributed by atoms with Crippen molar-refractivity contribution in [2.24, 2.45) is 0 Å². The molecule has 0 bridgehead atoms. The van der Waals surface area contributed by atoms with E-state index in [0.717, 1.165) is 73.2 Å². The maximum Gasteiger partial charge on any atom is 0.416 e. The number of rotatable bonds is 10. The second-order valence-electron chi connectivity index (χ2n) is 12.5. The van der Waals surface area contributed by atoms with E-state index in [1.807, 2.05) is 41.6 Å². The fourth-order valence-electron chi connectivity index (χ4n) is 6.49. The van der Waals surface area contributed by atoms with E-state index in [2.05, 4.69) is 36.4 Å². The second-order valence-corrected chi connectivity index (χ2v) is 13.7. The lowest BCUT2D eigenvalue weighted by molar-refractivity contribution is -0.326. The van der Waals surface area contributed by atoms with Crippen molar-refractivity contribution >= 4 is 22.5 Å². The Labute approximate surface area is 311 Å². The van der Waals surface area contributed by atoms with Crippen molar-refractivity contribution in [2.75, 3.05) is 7.11 Å². The Kier molecular flexibility index (Phi) is 13.6. The van der Waals surface area contributed by atoms with E-state index < -0.39 is 41.4 Å². The van der Waals surface area contributed by atoms with Crippen molar-refractivity contribution in [3.63, 3.8) is 0 Å². The lowest BCUT2D eigenvalue weighted by Crippen LogP contribution is -3.34. The van der Waals surface area contributed by atoms with Gasteiger partial charge in [-0.05, 0) is 29.8 Å². The Balaban J connectivity index is 0.000000334. The summed E-state index contributed by atoms with van der Waals surface area (Å²) in [6.45, 7) is 1.94. The minimum absolute atomic E-state index is 0.0324. The van der Waals surface area contributed by atoms with Gasteiger partial charge in [0, 0.05) is 5.56 Å². The highest BCUT2D eigenvalue weighted by molar-refractivity contribution is 7.11. The van der Waals surface area contributed by atoms with Crippen LogP contribution >= 0.6 is 0 Å². The molecule has 0 unspecified atom stereocenters. The van der Waals surface area contributed by atoms with Gasteiger partial charge in [0.05, 0.1) is 29.9 Å². The summed E-state index contributed by atoms with van der Waals surface area (Å²) >= 11 is 2.05. The summed E-state index contributed by atoms with van der Waals surface area (Å²) in [7, 11) is 1.68. The average molecular weight is 842 g/mol. The molecule has 0 aromatic heterocycles. The van der Waals surface area contributed by atoms with Gasteiger partial charge in [-0.25, -0.2) is 0 Å². The topological polar surface area (TPSA) is 9.23 Å². The Hall–Kier alpha value is -3.94. The van der Waals surface area contributed by atoms with Gasteiger partial charge in [-0.3, -0.25) is 0 Å². The Bertz CT molecular complexity index is 1760. The molecule has 5 aromatic rings. The molecule has 0 spiro atoms. The highest BCUT2D eigenvalue weighted by Crippen LogP contribution is 2.33. The van der Waals surface area contributed by atoms with Gasteiger partial charge in [0.25, 0.3) is 22.6 Å². The van der Waals surface area contributed by atoms with Gasteiger partial charge in [0.2, 0.25) is 0 Å². The van der Waals surface area contributed by atoms with Crippen LogP contribution in [-0.4, -0.2) is 13.3 Å². The van der Waals surface area contributed by atoms with Crippen LogP contribution in [0.1, 0.15) is 49.3 Å². The molecule has 276 valence electrons. The van der Waals surface area contributed by atoms with Gasteiger partial charge in [-0.2, -0.15) is 62.2 Å². The second kappa shape index (κ2) is 17.3. The zero-order valence-electron chi connectivity index (χ0n) is 28.4. The molecule has 0 aliphatic carbocycles. The number of halogens is 10. The van der Waals surface area contributed by atoms with Crippen LogP contribution in [0.15, 0.2) is 121 Å². The minimum atomic E-state index is -4.75. The van der Waals surface area contributed by atoms with E-state index in [1.54, 1.807) is 7.11 Å². The third-order valence-electron chi connectivity index (χ3n) is 9.13. The van der Waals surface area contributed by atoms with Crippen molar-refractivity contribution in [2.45, 2.75) is 57.5 Å². The predicted octanol–water partition coefficient (Wildman–Crippen LogP) is 7.61. The van der Waals surface area contributed by atoms with Gasteiger partial charge in [-0.15, -0.1) is 0 Å². The summed E-state index contributed by atoms with van der Waals surface area (Å²) in [6.07, 6.45) is -14.2. The summed E-state index contributed by atoms with van der Waals surface area (Å²) in [5.41, 5.74) is -0.460. The van der Waals surface area contributed by atoms with Gasteiger partial charge in [0.15, 0.2) is 3.57 Å². The molecule has 12 heteroatoms. The van der Waals surface area contributed by atoms with Crippen molar-refractivity contribution in [1.29, 1.82) is 0 Å². The Morgan fingerprint density at radius 2 is 0.981 bits per heavy atom. The molecule has 52 heavy (non-hydrogen) atoms. The zero-order chi connectivity index (χ0) is 38.2. The Morgan fingerprint density at radius 1 is 0.538 bits per heavy atom. The number of alkyl halides is 9. The maximum absolute atomic E-state index is 13.7. The first kappa shape index (κ1) is 40.8. The molecule has 0 heterocycles. The largest absolute Gasteiger partial charge is 0.497 e. The van der Waals surface area contributed by atoms with E-state index in [9.17, 15) is 39.5 Å². The molecule has 0 aliphatic rings. The van der Waals surface area contributed by atoms with E-state index in [0.29, 0.717) is 12.8 Å². The average Bonchev–Trinajstić information content (AvgIpc) is 3.11. The molecule has 0 radical (unpaired) electrons. The molecule has 1 nitrogen and oxygen atoms in total. The quantitative estimate of drug-likeness (QED) is 0.0610. The fourth-order valence-corrected chi connectivity index (χ4v) is 7.25. The molecule has 0 N–H and O–H groups in total. The van der Waals surface area contributed by atoms with E-state index >= 15 is 0 Å². The van der Waals surface area contributed by atoms with Crippen molar-refractivity contribution in [1.82, 2.24) is 0 Å². The number of unbranched alkanes of at least 4 members (excludes halogenated alkanes) is 3. The molecule has 0 amide bonds. The monoisotopic (exact) mass is 842 g/mol. The predicted molar refractivity (Wildman–Crippen MR) is 186 cm³/mol. The van der Waals surface area contributed by atoms with E-state index in [-0.39, 0.29) is 22.7 Å². The van der Waals surface area contributed by atoms with Crippen LogP contribution in [-0.2, 0) is 18.5 Å². The number of hydrogen-bond acceptors (Lipinski definition) is 1. The van der Waals surface area contributed by atoms with Gasteiger partial charge >= 0.3 is 18.5 Å². The van der Waals surface area contributed by atoms with E-state index in [1.165, 1.54) is 32.9 Å². The van der Waals surface area contributed by atoms with Gasteiger partial charge in [0.1, 0.15) is 5.75 Å². The van der Waals surface area contributed by atoms with Crippen molar-refractivity contribution < 1.29 is 66.8 Å². The molecule has 5 aromatic carbocycles. The molecule has 0 aliphatic heterocycles. The molecular formula is C40H37BF9IO. The number of hydrogen-bond donors (Lipinski definition) is 0. The van der Waals surface area contributed by atoms with Crippen LogP contribution in [0.4, 0.5) is 39.5 Å². The minimum Gasteiger partial charge on any atom is -0.497 e. The van der Waals surface area contributed by atoms with Gasteiger partial charge in [-0.1, -0.05) is 130 Å². The van der Waals surface area contributed by atoms with Gasteiger partial charge < -0.3 is 4.74 Å². The fraction of sp³-hybridized carbons (Fsp3) is 0.250. The third-order valence-corrected chi connectivity index (χ3v) is 10.1. The summed E-state index contributed by atoms with van der Waals surface area (Å²) in [5, 5.41) is 0. The first-order valence-corrected chi connectivity index (χ1v) is 17.8. The number of methoxy groups -OCH3 is 1. The first-order valence-electron chi connectivity index (χ1n) is 16.6. The van der Waals surface area contributed by atoms with Crippen molar-refractivity contribution in [3.8, 4) is 16.9 Å². The number of ether oxygens (including phenoxy) is 1. The summed E-state index contributed by atoms with van der Waals surface area (Å²) in [5.74, 6) is 0.896. The van der Waals surface area contributed by atoms with Crippen LogP contribution in [0.3, 0.4) is 0 Å². The Morgan fingerprint density at radius 3 is 1.37 bits per heavy atom. The van der Waals surface area contributed by atoms with Crippen LogP contribution in [0.5, 0.6) is 5.75 Å². The smallest absolute Gasteiger partial charge is 0.416 e. The summed E-state index contributed by atoms with van der Waals surface area (Å²) in [4.78, 5) is 0.